The smallest absolute Gasteiger partial charge is 0.310 e. The van der Waals surface area contributed by atoms with E-state index in [2.05, 4.69) is 0 Å². The number of esters is 1. The second-order valence-electron chi connectivity index (χ2n) is 4.59. The summed E-state index contributed by atoms with van der Waals surface area (Å²) in [4.78, 5) is 11.6. The number of rotatable bonds is 2. The number of carbonyl (C=O) groups is 1. The molecule has 3 aromatic carbocycles. The van der Waals surface area contributed by atoms with Crippen LogP contribution in [0.1, 0.15) is 13.3 Å². The van der Waals surface area contributed by atoms with E-state index in [1.807, 2.05) is 36.4 Å². The molecule has 20 heavy (non-hydrogen) atoms. The van der Waals surface area contributed by atoms with Gasteiger partial charge in [-0.25, -0.2) is 4.39 Å². The van der Waals surface area contributed by atoms with E-state index in [9.17, 15) is 9.18 Å². The van der Waals surface area contributed by atoms with Gasteiger partial charge >= 0.3 is 5.97 Å². The van der Waals surface area contributed by atoms with Crippen molar-refractivity contribution in [3.05, 3.63) is 54.3 Å². The summed E-state index contributed by atoms with van der Waals surface area (Å²) in [6.45, 7) is 1.71. The van der Waals surface area contributed by atoms with Gasteiger partial charge < -0.3 is 4.74 Å². The third-order valence-electron chi connectivity index (χ3n) is 3.29. The molecule has 0 aliphatic carbocycles. The molecule has 0 aliphatic heterocycles. The lowest BCUT2D eigenvalue weighted by molar-refractivity contribution is -0.133. The van der Waals surface area contributed by atoms with Crippen molar-refractivity contribution in [2.75, 3.05) is 0 Å². The van der Waals surface area contributed by atoms with E-state index < -0.39 is 0 Å². The van der Waals surface area contributed by atoms with Crippen LogP contribution in [0.4, 0.5) is 4.39 Å². The second-order valence-corrected chi connectivity index (χ2v) is 4.59. The Morgan fingerprint density at radius 2 is 1.85 bits per heavy atom. The van der Waals surface area contributed by atoms with Crippen molar-refractivity contribution in [3.8, 4) is 5.75 Å². The highest BCUT2D eigenvalue weighted by Crippen LogP contribution is 2.36. The zero-order valence-electron chi connectivity index (χ0n) is 11.0. The van der Waals surface area contributed by atoms with Gasteiger partial charge in [0.1, 0.15) is 11.6 Å². The van der Waals surface area contributed by atoms with E-state index in [-0.39, 0.29) is 18.2 Å². The molecular weight excluding hydrogens is 255 g/mol. The molecule has 0 saturated carbocycles. The van der Waals surface area contributed by atoms with Crippen molar-refractivity contribution in [1.82, 2.24) is 0 Å². The highest BCUT2D eigenvalue weighted by molar-refractivity contribution is 6.06. The van der Waals surface area contributed by atoms with Crippen LogP contribution in [-0.2, 0) is 4.79 Å². The maximum Gasteiger partial charge on any atom is 0.310 e. The molecule has 100 valence electrons. The summed E-state index contributed by atoms with van der Waals surface area (Å²) in [6.07, 6.45) is 0.249. The molecule has 3 rings (SSSR count). The molecule has 0 bridgehead atoms. The summed E-state index contributed by atoms with van der Waals surface area (Å²) in [5, 5.41) is 2.74. The molecule has 0 N–H and O–H groups in total. The van der Waals surface area contributed by atoms with E-state index in [4.69, 9.17) is 4.74 Å². The SMILES string of the molecule is CCC(=O)Oc1c2ccccc2cc2cccc(F)c12. The van der Waals surface area contributed by atoms with Gasteiger partial charge in [-0.3, -0.25) is 4.79 Å². The highest BCUT2D eigenvalue weighted by Gasteiger charge is 2.14. The van der Waals surface area contributed by atoms with Gasteiger partial charge in [0, 0.05) is 11.8 Å². The number of benzene rings is 3. The second kappa shape index (κ2) is 4.93. The van der Waals surface area contributed by atoms with Gasteiger partial charge in [0.2, 0.25) is 0 Å². The number of hydrogen-bond donors (Lipinski definition) is 0. The molecule has 0 spiro atoms. The first-order valence-electron chi connectivity index (χ1n) is 6.51. The van der Waals surface area contributed by atoms with Crippen LogP contribution in [-0.4, -0.2) is 5.97 Å². The Morgan fingerprint density at radius 1 is 1.10 bits per heavy atom. The Bertz CT molecular complexity index is 809. The quantitative estimate of drug-likeness (QED) is 0.390. The van der Waals surface area contributed by atoms with Crippen LogP contribution in [0.2, 0.25) is 0 Å². The van der Waals surface area contributed by atoms with Crippen LogP contribution < -0.4 is 4.74 Å². The van der Waals surface area contributed by atoms with Gasteiger partial charge in [-0.05, 0) is 22.9 Å². The lowest BCUT2D eigenvalue weighted by atomic mass is 10.0. The third kappa shape index (κ3) is 2.01. The monoisotopic (exact) mass is 268 g/mol. The fraction of sp³-hybridized carbons (Fsp3) is 0.118. The summed E-state index contributed by atoms with van der Waals surface area (Å²) in [5.41, 5.74) is 0. The topological polar surface area (TPSA) is 26.3 Å². The lowest BCUT2D eigenvalue weighted by Crippen LogP contribution is -2.06. The van der Waals surface area contributed by atoms with E-state index >= 15 is 0 Å². The first-order valence-corrected chi connectivity index (χ1v) is 6.51. The minimum Gasteiger partial charge on any atom is -0.425 e. The molecule has 0 unspecified atom stereocenters. The first kappa shape index (κ1) is 12.6. The van der Waals surface area contributed by atoms with Crippen molar-refractivity contribution in [3.63, 3.8) is 0 Å². The summed E-state index contributed by atoms with van der Waals surface area (Å²) in [6, 6.07) is 14.2. The zero-order valence-corrected chi connectivity index (χ0v) is 11.0. The molecule has 0 heterocycles. The molecule has 0 atom stereocenters. The molecule has 3 aromatic rings. The van der Waals surface area contributed by atoms with E-state index in [1.54, 1.807) is 13.0 Å². The number of fused-ring (bicyclic) bond motifs is 2. The van der Waals surface area contributed by atoms with E-state index in [0.29, 0.717) is 11.1 Å². The molecule has 0 radical (unpaired) electrons. The van der Waals surface area contributed by atoms with Gasteiger partial charge in [0.25, 0.3) is 0 Å². The largest absolute Gasteiger partial charge is 0.425 e. The highest BCUT2D eigenvalue weighted by atomic mass is 19.1. The van der Waals surface area contributed by atoms with Gasteiger partial charge in [-0.2, -0.15) is 0 Å². The van der Waals surface area contributed by atoms with Gasteiger partial charge in [-0.1, -0.05) is 43.3 Å². The summed E-state index contributed by atoms with van der Waals surface area (Å²) in [7, 11) is 0. The van der Waals surface area contributed by atoms with E-state index in [0.717, 1.165) is 16.2 Å². The maximum absolute atomic E-state index is 14.1. The number of halogens is 1. The Kier molecular flexibility index (Phi) is 3.11. The van der Waals surface area contributed by atoms with Crippen LogP contribution >= 0.6 is 0 Å². The molecule has 3 heteroatoms. The van der Waals surface area contributed by atoms with Crippen LogP contribution in [0.25, 0.3) is 21.5 Å². The standard InChI is InChI=1S/C17H13FO2/c1-2-15(19)20-17-13-8-4-3-6-11(13)10-12-7-5-9-14(18)16(12)17/h3-10H,2H2,1H3. The normalized spacial score (nSPS) is 10.9. The average molecular weight is 268 g/mol. The van der Waals surface area contributed by atoms with Crippen LogP contribution in [0.3, 0.4) is 0 Å². The fourth-order valence-corrected chi connectivity index (χ4v) is 2.32. The third-order valence-corrected chi connectivity index (χ3v) is 3.29. The Morgan fingerprint density at radius 3 is 2.65 bits per heavy atom. The minimum atomic E-state index is -0.382. The Balaban J connectivity index is 2.41. The van der Waals surface area contributed by atoms with Crippen molar-refractivity contribution >= 4 is 27.5 Å². The lowest BCUT2D eigenvalue weighted by Gasteiger charge is -2.11. The minimum absolute atomic E-state index is 0.249. The Hall–Kier alpha value is -2.42. The molecule has 0 fully saturated rings. The number of ether oxygens (including phenoxy) is 1. The summed E-state index contributed by atoms with van der Waals surface area (Å²) in [5.74, 6) is -0.443. The number of carbonyl (C=O) groups excluding carboxylic acids is 1. The maximum atomic E-state index is 14.1. The molecule has 0 aliphatic rings. The Labute approximate surface area is 115 Å². The van der Waals surface area contributed by atoms with Crippen LogP contribution in [0.5, 0.6) is 5.75 Å². The molecule has 0 aromatic heterocycles. The summed E-state index contributed by atoms with van der Waals surface area (Å²) >= 11 is 0. The molecule has 2 nitrogen and oxygen atoms in total. The van der Waals surface area contributed by atoms with Gasteiger partial charge in [-0.15, -0.1) is 0 Å². The predicted molar refractivity (Wildman–Crippen MR) is 77.3 cm³/mol. The predicted octanol–water partition coefficient (Wildman–Crippen LogP) is 4.45. The van der Waals surface area contributed by atoms with Gasteiger partial charge in [0.05, 0.1) is 5.39 Å². The first-order chi connectivity index (χ1) is 9.70. The van der Waals surface area contributed by atoms with Gasteiger partial charge in [0.15, 0.2) is 0 Å². The van der Waals surface area contributed by atoms with Crippen LogP contribution in [0.15, 0.2) is 48.5 Å². The molecular formula is C17H13FO2. The molecule has 0 saturated heterocycles. The van der Waals surface area contributed by atoms with Crippen molar-refractivity contribution in [2.24, 2.45) is 0 Å². The van der Waals surface area contributed by atoms with E-state index in [1.165, 1.54) is 6.07 Å². The molecule has 0 amide bonds. The zero-order chi connectivity index (χ0) is 14.1. The van der Waals surface area contributed by atoms with Crippen LogP contribution in [0, 0.1) is 5.82 Å². The average Bonchev–Trinajstić information content (AvgIpc) is 2.47. The fourth-order valence-electron chi connectivity index (χ4n) is 2.32. The van der Waals surface area contributed by atoms with Crippen molar-refractivity contribution < 1.29 is 13.9 Å². The summed E-state index contributed by atoms with van der Waals surface area (Å²) < 4.78 is 19.5. The number of hydrogen-bond acceptors (Lipinski definition) is 2. The van der Waals surface area contributed by atoms with Crippen molar-refractivity contribution in [2.45, 2.75) is 13.3 Å². The van der Waals surface area contributed by atoms with Crippen molar-refractivity contribution in [1.29, 1.82) is 0 Å².